The second kappa shape index (κ2) is 5.51. The smallest absolute Gasteiger partial charge is 0.222 e. The number of anilines is 1. The van der Waals surface area contributed by atoms with E-state index in [9.17, 15) is 0 Å². The molecule has 13 heavy (non-hydrogen) atoms. The summed E-state index contributed by atoms with van der Waals surface area (Å²) in [5.74, 6) is 0.739. The lowest BCUT2D eigenvalue weighted by Crippen LogP contribution is -2.19. The van der Waals surface area contributed by atoms with Crippen molar-refractivity contribution in [1.82, 2.24) is 9.97 Å². The normalized spacial score (nSPS) is 12.5. The molecule has 1 rings (SSSR count). The summed E-state index contributed by atoms with van der Waals surface area (Å²) in [7, 11) is 0. The van der Waals surface area contributed by atoms with Crippen molar-refractivity contribution in [3.8, 4) is 0 Å². The van der Waals surface area contributed by atoms with E-state index in [4.69, 9.17) is 0 Å². The Morgan fingerprint density at radius 2 is 2.00 bits per heavy atom. The van der Waals surface area contributed by atoms with Crippen LogP contribution in [0.15, 0.2) is 18.5 Å². The molecule has 1 unspecified atom stereocenters. The van der Waals surface area contributed by atoms with Gasteiger partial charge in [0.1, 0.15) is 0 Å². The van der Waals surface area contributed by atoms with Crippen molar-refractivity contribution in [2.24, 2.45) is 0 Å². The van der Waals surface area contributed by atoms with Crippen molar-refractivity contribution in [2.45, 2.75) is 39.2 Å². The van der Waals surface area contributed by atoms with Crippen molar-refractivity contribution in [3.63, 3.8) is 0 Å². The van der Waals surface area contributed by atoms with E-state index in [2.05, 4.69) is 29.1 Å². The molecule has 1 aromatic rings. The van der Waals surface area contributed by atoms with Gasteiger partial charge in [0.15, 0.2) is 0 Å². The molecule has 0 aliphatic rings. The van der Waals surface area contributed by atoms with Gasteiger partial charge in [-0.25, -0.2) is 9.97 Å². The van der Waals surface area contributed by atoms with Crippen LogP contribution in [0.5, 0.6) is 0 Å². The first-order valence-corrected chi connectivity index (χ1v) is 4.90. The standard InChI is InChI=1S/C10H17N3/c1-3-6-9(4-2)13-10-11-7-5-8-12-10/h5,7-9H,3-4,6H2,1-2H3,(H,11,12,13). The average molecular weight is 179 g/mol. The van der Waals surface area contributed by atoms with Crippen molar-refractivity contribution >= 4 is 5.95 Å². The molecule has 0 spiro atoms. The van der Waals surface area contributed by atoms with Gasteiger partial charge in [-0.15, -0.1) is 0 Å². The number of nitrogens with one attached hydrogen (secondary N) is 1. The van der Waals surface area contributed by atoms with Crippen LogP contribution in [0, 0.1) is 0 Å². The average Bonchev–Trinajstić information content (AvgIpc) is 2.19. The van der Waals surface area contributed by atoms with E-state index in [1.807, 2.05) is 6.07 Å². The van der Waals surface area contributed by atoms with Crippen LogP contribution in [-0.2, 0) is 0 Å². The summed E-state index contributed by atoms with van der Waals surface area (Å²) >= 11 is 0. The van der Waals surface area contributed by atoms with Crippen molar-refractivity contribution in [3.05, 3.63) is 18.5 Å². The third-order valence-electron chi connectivity index (χ3n) is 2.03. The molecule has 1 atom stereocenters. The van der Waals surface area contributed by atoms with Crippen LogP contribution in [0.4, 0.5) is 5.95 Å². The number of hydrogen-bond acceptors (Lipinski definition) is 3. The maximum absolute atomic E-state index is 4.13. The molecule has 3 nitrogen and oxygen atoms in total. The predicted octanol–water partition coefficient (Wildman–Crippen LogP) is 2.47. The van der Waals surface area contributed by atoms with Gasteiger partial charge in [-0.2, -0.15) is 0 Å². The highest BCUT2D eigenvalue weighted by Crippen LogP contribution is 2.06. The zero-order valence-electron chi connectivity index (χ0n) is 8.33. The third-order valence-corrected chi connectivity index (χ3v) is 2.03. The van der Waals surface area contributed by atoms with Gasteiger partial charge in [-0.3, -0.25) is 0 Å². The van der Waals surface area contributed by atoms with Gasteiger partial charge in [0.25, 0.3) is 0 Å². The Morgan fingerprint density at radius 1 is 1.31 bits per heavy atom. The molecule has 0 saturated heterocycles. The maximum atomic E-state index is 4.13. The summed E-state index contributed by atoms with van der Waals surface area (Å²) in [6.07, 6.45) is 7.00. The fourth-order valence-corrected chi connectivity index (χ4v) is 1.28. The van der Waals surface area contributed by atoms with Gasteiger partial charge < -0.3 is 5.32 Å². The minimum atomic E-state index is 0.507. The number of hydrogen-bond donors (Lipinski definition) is 1. The Labute approximate surface area is 79.6 Å². The van der Waals surface area contributed by atoms with Crippen molar-refractivity contribution in [2.75, 3.05) is 5.32 Å². The summed E-state index contributed by atoms with van der Waals surface area (Å²) in [5.41, 5.74) is 0. The van der Waals surface area contributed by atoms with Crippen LogP contribution in [0.2, 0.25) is 0 Å². The van der Waals surface area contributed by atoms with Crippen LogP contribution >= 0.6 is 0 Å². The van der Waals surface area contributed by atoms with E-state index in [1.54, 1.807) is 12.4 Å². The van der Waals surface area contributed by atoms with E-state index in [0.29, 0.717) is 6.04 Å². The molecule has 1 N–H and O–H groups in total. The minimum Gasteiger partial charge on any atom is -0.352 e. The van der Waals surface area contributed by atoms with Crippen LogP contribution in [-0.4, -0.2) is 16.0 Å². The van der Waals surface area contributed by atoms with Crippen molar-refractivity contribution in [1.29, 1.82) is 0 Å². The monoisotopic (exact) mass is 179 g/mol. The van der Waals surface area contributed by atoms with Gasteiger partial charge in [0.05, 0.1) is 0 Å². The molecule has 0 aliphatic carbocycles. The highest BCUT2D eigenvalue weighted by atomic mass is 15.1. The van der Waals surface area contributed by atoms with Gasteiger partial charge in [-0.1, -0.05) is 20.3 Å². The zero-order valence-corrected chi connectivity index (χ0v) is 8.33. The molecule has 0 fully saturated rings. The fraction of sp³-hybridized carbons (Fsp3) is 0.600. The Hall–Kier alpha value is -1.12. The lowest BCUT2D eigenvalue weighted by molar-refractivity contribution is 0.617. The molecular formula is C10H17N3. The molecular weight excluding hydrogens is 162 g/mol. The molecule has 1 heterocycles. The molecule has 0 bridgehead atoms. The van der Waals surface area contributed by atoms with Crippen LogP contribution in [0.3, 0.4) is 0 Å². The molecule has 0 aromatic carbocycles. The quantitative estimate of drug-likeness (QED) is 0.754. The Kier molecular flexibility index (Phi) is 4.23. The summed E-state index contributed by atoms with van der Waals surface area (Å²) in [4.78, 5) is 8.25. The maximum Gasteiger partial charge on any atom is 0.222 e. The SMILES string of the molecule is CCCC(CC)Nc1ncccn1. The first-order chi connectivity index (χ1) is 6.36. The van der Waals surface area contributed by atoms with Crippen LogP contribution < -0.4 is 5.32 Å². The van der Waals surface area contributed by atoms with E-state index in [-0.39, 0.29) is 0 Å². The molecule has 1 aromatic heterocycles. The van der Waals surface area contributed by atoms with E-state index in [0.717, 1.165) is 12.4 Å². The highest BCUT2D eigenvalue weighted by Gasteiger charge is 2.04. The summed E-state index contributed by atoms with van der Waals surface area (Å²) < 4.78 is 0. The largest absolute Gasteiger partial charge is 0.352 e. The van der Waals surface area contributed by atoms with Gasteiger partial charge >= 0.3 is 0 Å². The lowest BCUT2D eigenvalue weighted by Gasteiger charge is -2.15. The lowest BCUT2D eigenvalue weighted by atomic mass is 10.1. The fourth-order valence-electron chi connectivity index (χ4n) is 1.28. The number of rotatable bonds is 5. The van der Waals surface area contributed by atoms with Gasteiger partial charge in [0, 0.05) is 18.4 Å². The number of aromatic nitrogens is 2. The summed E-state index contributed by atoms with van der Waals surface area (Å²) in [5, 5.41) is 3.31. The summed E-state index contributed by atoms with van der Waals surface area (Å²) in [6, 6.07) is 2.33. The summed E-state index contributed by atoms with van der Waals surface area (Å²) in [6.45, 7) is 4.37. The van der Waals surface area contributed by atoms with E-state index in [1.165, 1.54) is 12.8 Å². The second-order valence-corrected chi connectivity index (χ2v) is 3.11. The van der Waals surface area contributed by atoms with Gasteiger partial charge in [-0.05, 0) is 18.9 Å². The van der Waals surface area contributed by atoms with Crippen LogP contribution in [0.25, 0.3) is 0 Å². The molecule has 0 saturated carbocycles. The minimum absolute atomic E-state index is 0.507. The first kappa shape index (κ1) is 9.96. The Balaban J connectivity index is 2.46. The molecule has 0 aliphatic heterocycles. The highest BCUT2D eigenvalue weighted by molar-refractivity contribution is 5.23. The molecule has 0 radical (unpaired) electrons. The van der Waals surface area contributed by atoms with Crippen LogP contribution in [0.1, 0.15) is 33.1 Å². The second-order valence-electron chi connectivity index (χ2n) is 3.11. The van der Waals surface area contributed by atoms with Crippen molar-refractivity contribution < 1.29 is 0 Å². The van der Waals surface area contributed by atoms with Gasteiger partial charge in [0.2, 0.25) is 5.95 Å². The Bertz CT molecular complexity index is 223. The Morgan fingerprint density at radius 3 is 2.54 bits per heavy atom. The van der Waals surface area contributed by atoms with E-state index >= 15 is 0 Å². The topological polar surface area (TPSA) is 37.8 Å². The number of nitrogens with zero attached hydrogens (tertiary/aromatic N) is 2. The molecule has 72 valence electrons. The molecule has 0 amide bonds. The third kappa shape index (κ3) is 3.40. The molecule has 3 heteroatoms. The predicted molar refractivity (Wildman–Crippen MR) is 54.6 cm³/mol. The first-order valence-electron chi connectivity index (χ1n) is 4.90. The zero-order chi connectivity index (χ0) is 9.52. The van der Waals surface area contributed by atoms with E-state index < -0.39 is 0 Å².